The van der Waals surface area contributed by atoms with Crippen LogP contribution in [0.15, 0.2) is 54.6 Å². The molecule has 1 atom stereocenters. The van der Waals surface area contributed by atoms with Crippen molar-refractivity contribution >= 4 is 50.0 Å². The van der Waals surface area contributed by atoms with E-state index in [0.717, 1.165) is 32.1 Å². The molecule has 4 aromatic rings. The summed E-state index contributed by atoms with van der Waals surface area (Å²) in [5.41, 5.74) is 1.24. The number of nitrogens with one attached hydrogen (secondary N) is 3. The summed E-state index contributed by atoms with van der Waals surface area (Å²) >= 11 is 0. The molecule has 0 aliphatic heterocycles. The summed E-state index contributed by atoms with van der Waals surface area (Å²) in [6.07, 6.45) is 16.2. The quantitative estimate of drug-likeness (QED) is 0.0559. The summed E-state index contributed by atoms with van der Waals surface area (Å²) in [5.74, 6) is -0.395. The van der Waals surface area contributed by atoms with Gasteiger partial charge in [-0.3, -0.25) is 14.4 Å². The van der Waals surface area contributed by atoms with E-state index < -0.39 is 6.04 Å². The van der Waals surface area contributed by atoms with Crippen molar-refractivity contribution in [2.24, 2.45) is 0 Å². The van der Waals surface area contributed by atoms with Gasteiger partial charge in [0, 0.05) is 25.9 Å². The van der Waals surface area contributed by atoms with Crippen molar-refractivity contribution in [1.29, 1.82) is 0 Å². The van der Waals surface area contributed by atoms with E-state index in [1.807, 2.05) is 0 Å². The Morgan fingerprint density at radius 2 is 1.15 bits per heavy atom. The van der Waals surface area contributed by atoms with Crippen molar-refractivity contribution < 1.29 is 14.4 Å². The normalized spacial score (nSPS) is 12.1. The number of amides is 3. The first kappa shape index (κ1) is 36.2. The third-order valence-corrected chi connectivity index (χ3v) is 9.46. The number of hydrogen-bond donors (Lipinski definition) is 3. The van der Waals surface area contributed by atoms with E-state index in [0.29, 0.717) is 32.4 Å². The molecule has 0 aliphatic rings. The first-order valence-corrected chi connectivity index (χ1v) is 18.5. The highest BCUT2D eigenvalue weighted by Crippen LogP contribution is 2.36. The van der Waals surface area contributed by atoms with Crippen molar-refractivity contribution in [2.75, 3.05) is 13.1 Å². The molecule has 0 aromatic heterocycles. The number of benzene rings is 4. The van der Waals surface area contributed by atoms with Gasteiger partial charge in [0.1, 0.15) is 6.04 Å². The predicted molar refractivity (Wildman–Crippen MR) is 197 cm³/mol. The third-order valence-electron chi connectivity index (χ3n) is 9.46. The second-order valence-electron chi connectivity index (χ2n) is 13.3. The van der Waals surface area contributed by atoms with Crippen molar-refractivity contribution in [1.82, 2.24) is 16.0 Å². The fraction of sp³-hybridized carbons (Fsp3) is 0.537. The van der Waals surface area contributed by atoms with Gasteiger partial charge in [-0.2, -0.15) is 0 Å². The Morgan fingerprint density at radius 3 is 1.83 bits per heavy atom. The minimum absolute atomic E-state index is 0.0597. The van der Waals surface area contributed by atoms with Crippen LogP contribution in [0.5, 0.6) is 0 Å². The highest BCUT2D eigenvalue weighted by molar-refractivity contribution is 6.23. The number of carbonyl (C=O) groups excluding carboxylic acids is 3. The van der Waals surface area contributed by atoms with Crippen molar-refractivity contribution in [2.45, 2.75) is 129 Å². The minimum atomic E-state index is -0.711. The molecule has 0 spiro atoms. The molecular weight excluding hydrogens is 582 g/mol. The van der Waals surface area contributed by atoms with Crippen LogP contribution in [-0.2, 0) is 20.8 Å². The van der Waals surface area contributed by atoms with Crippen LogP contribution in [0.1, 0.15) is 122 Å². The number of rotatable bonds is 23. The average molecular weight is 640 g/mol. The zero-order chi connectivity index (χ0) is 33.3. The van der Waals surface area contributed by atoms with Gasteiger partial charge in [0.05, 0.1) is 0 Å². The number of unbranched alkanes of at least 4 members (excludes halogenated alkanes) is 10. The maximum absolute atomic E-state index is 13.2. The van der Waals surface area contributed by atoms with Gasteiger partial charge in [-0.15, -0.1) is 0 Å². The summed E-state index contributed by atoms with van der Waals surface area (Å²) in [5, 5.41) is 16.5. The van der Waals surface area contributed by atoms with E-state index in [9.17, 15) is 14.4 Å². The van der Waals surface area contributed by atoms with Gasteiger partial charge in [0.15, 0.2) is 0 Å². The van der Waals surface area contributed by atoms with Crippen LogP contribution in [0.2, 0.25) is 0 Å². The summed E-state index contributed by atoms with van der Waals surface area (Å²) in [7, 11) is 0. The lowest BCUT2D eigenvalue weighted by Crippen LogP contribution is -2.47. The first-order chi connectivity index (χ1) is 23.0. The molecule has 4 aromatic carbocycles. The number of hydrogen-bond acceptors (Lipinski definition) is 3. The van der Waals surface area contributed by atoms with E-state index in [-0.39, 0.29) is 24.1 Å². The molecule has 47 heavy (non-hydrogen) atoms. The maximum Gasteiger partial charge on any atom is 0.242 e. The van der Waals surface area contributed by atoms with Gasteiger partial charge in [-0.25, -0.2) is 0 Å². The van der Waals surface area contributed by atoms with E-state index in [1.165, 1.54) is 89.2 Å². The van der Waals surface area contributed by atoms with Gasteiger partial charge >= 0.3 is 0 Å². The molecule has 0 fully saturated rings. The predicted octanol–water partition coefficient (Wildman–Crippen LogP) is 9.13. The third kappa shape index (κ3) is 11.2. The Morgan fingerprint density at radius 1 is 0.574 bits per heavy atom. The highest BCUT2D eigenvalue weighted by Gasteiger charge is 2.21. The zero-order valence-electron chi connectivity index (χ0n) is 28.9. The molecule has 3 N–H and O–H groups in total. The van der Waals surface area contributed by atoms with Gasteiger partial charge in [0.25, 0.3) is 0 Å². The molecule has 0 saturated heterocycles. The van der Waals surface area contributed by atoms with Crippen LogP contribution in [0.4, 0.5) is 0 Å². The minimum Gasteiger partial charge on any atom is -0.356 e. The lowest BCUT2D eigenvalue weighted by atomic mass is 9.90. The standard InChI is InChI=1S/C41H57N3O3/c1-3-5-7-9-11-13-29-42-37(45)28-27-36(41(47)43-30-14-12-10-8-6-4-2)44-38(46)20-16-17-31-21-22-34-24-23-32-18-15-19-33-25-26-35(31)40(34)39(32)33/h15,18-19,21-26,36H,3-14,16-17,20,27-30H2,1-2H3,(H,42,45)(H,43,47)(H,44,46). The first-order valence-electron chi connectivity index (χ1n) is 18.5. The Balaban J connectivity index is 1.28. The highest BCUT2D eigenvalue weighted by atomic mass is 16.2. The van der Waals surface area contributed by atoms with Crippen LogP contribution < -0.4 is 16.0 Å². The molecule has 0 saturated carbocycles. The molecule has 4 rings (SSSR count). The molecule has 254 valence electrons. The molecular formula is C41H57N3O3. The molecule has 0 radical (unpaired) electrons. The topological polar surface area (TPSA) is 87.3 Å². The Bertz CT molecular complexity index is 1530. The van der Waals surface area contributed by atoms with Gasteiger partial charge in [0.2, 0.25) is 17.7 Å². The molecule has 0 aliphatic carbocycles. The Kier molecular flexibility index (Phi) is 15.3. The largest absolute Gasteiger partial charge is 0.356 e. The van der Waals surface area contributed by atoms with Gasteiger partial charge < -0.3 is 16.0 Å². The Hall–Kier alpha value is -3.67. The van der Waals surface area contributed by atoms with E-state index in [4.69, 9.17) is 0 Å². The summed E-state index contributed by atoms with van der Waals surface area (Å²) < 4.78 is 0. The zero-order valence-corrected chi connectivity index (χ0v) is 28.9. The molecule has 3 amide bonds. The lowest BCUT2D eigenvalue weighted by molar-refractivity contribution is -0.129. The lowest BCUT2D eigenvalue weighted by Gasteiger charge is -2.19. The van der Waals surface area contributed by atoms with Crippen LogP contribution >= 0.6 is 0 Å². The molecule has 1 unspecified atom stereocenters. The van der Waals surface area contributed by atoms with E-state index in [1.54, 1.807) is 0 Å². The summed E-state index contributed by atoms with van der Waals surface area (Å²) in [4.78, 5) is 38.9. The average Bonchev–Trinajstić information content (AvgIpc) is 3.08. The maximum atomic E-state index is 13.2. The Labute approximate surface area is 282 Å². The van der Waals surface area contributed by atoms with E-state index >= 15 is 0 Å². The van der Waals surface area contributed by atoms with Gasteiger partial charge in [-0.1, -0.05) is 133 Å². The molecule has 6 heteroatoms. The van der Waals surface area contributed by atoms with Crippen molar-refractivity contribution in [3.8, 4) is 0 Å². The second-order valence-corrected chi connectivity index (χ2v) is 13.3. The molecule has 0 heterocycles. The van der Waals surface area contributed by atoms with Crippen LogP contribution in [0, 0.1) is 0 Å². The van der Waals surface area contributed by atoms with Crippen molar-refractivity contribution in [3.63, 3.8) is 0 Å². The summed E-state index contributed by atoms with van der Waals surface area (Å²) in [6.45, 7) is 5.67. The monoisotopic (exact) mass is 639 g/mol. The fourth-order valence-electron chi connectivity index (χ4n) is 6.73. The van der Waals surface area contributed by atoms with Crippen molar-refractivity contribution in [3.05, 3.63) is 60.2 Å². The van der Waals surface area contributed by atoms with Gasteiger partial charge in [-0.05, 0) is 70.0 Å². The fourth-order valence-corrected chi connectivity index (χ4v) is 6.73. The van der Waals surface area contributed by atoms with E-state index in [2.05, 4.69) is 84.4 Å². The number of carbonyl (C=O) groups is 3. The number of aryl methyl sites for hydroxylation is 1. The SMILES string of the molecule is CCCCCCCCNC(=O)CCC(NC(=O)CCCc1ccc2ccc3cccc4ccc1c2c34)C(=O)NCCCCCCCC. The smallest absolute Gasteiger partial charge is 0.242 e. The van der Waals surface area contributed by atoms with Crippen LogP contribution in [-0.4, -0.2) is 36.9 Å². The summed E-state index contributed by atoms with van der Waals surface area (Å²) in [6, 6.07) is 18.9. The van der Waals surface area contributed by atoms with Crippen LogP contribution in [0.25, 0.3) is 32.3 Å². The molecule has 0 bridgehead atoms. The second kappa shape index (κ2) is 19.9. The van der Waals surface area contributed by atoms with Crippen LogP contribution in [0.3, 0.4) is 0 Å². The molecule has 6 nitrogen and oxygen atoms in total.